The van der Waals surface area contributed by atoms with E-state index in [0.717, 1.165) is 0 Å². The summed E-state index contributed by atoms with van der Waals surface area (Å²) in [6.07, 6.45) is 0. The minimum Gasteiger partial charge on any atom is -0.382 e. The first-order chi connectivity index (χ1) is 8.48. The van der Waals surface area contributed by atoms with E-state index in [9.17, 15) is 12.8 Å². The van der Waals surface area contributed by atoms with Gasteiger partial charge >= 0.3 is 0 Å². The van der Waals surface area contributed by atoms with E-state index in [2.05, 4.69) is 5.10 Å². The highest BCUT2D eigenvalue weighted by atomic mass is 32.2. The van der Waals surface area contributed by atoms with Gasteiger partial charge in [0.2, 0.25) is 0 Å². The topological polar surface area (TPSA) is 78.0 Å². The molecular formula is C11H10FN3O2S. The summed E-state index contributed by atoms with van der Waals surface area (Å²) in [6, 6.07) is 6.05. The number of benzene rings is 1. The van der Waals surface area contributed by atoms with Crippen molar-refractivity contribution in [3.8, 4) is 5.69 Å². The molecule has 1 aliphatic heterocycles. The van der Waals surface area contributed by atoms with Crippen LogP contribution in [0.25, 0.3) is 5.69 Å². The second-order valence-corrected chi connectivity index (χ2v) is 6.27. The molecule has 0 saturated carbocycles. The molecule has 0 atom stereocenters. The van der Waals surface area contributed by atoms with Crippen LogP contribution in [-0.2, 0) is 21.3 Å². The highest BCUT2D eigenvalue weighted by Gasteiger charge is 2.32. The van der Waals surface area contributed by atoms with Crippen LogP contribution in [0.15, 0.2) is 24.3 Å². The number of para-hydroxylation sites is 1. The van der Waals surface area contributed by atoms with E-state index in [4.69, 9.17) is 5.73 Å². The molecule has 18 heavy (non-hydrogen) atoms. The molecule has 1 aliphatic rings. The van der Waals surface area contributed by atoms with E-state index in [1.807, 2.05) is 0 Å². The largest absolute Gasteiger partial charge is 0.382 e. The van der Waals surface area contributed by atoms with Crippen molar-refractivity contribution in [3.63, 3.8) is 0 Å². The number of hydrogen-bond acceptors (Lipinski definition) is 4. The number of nitrogen functional groups attached to an aromatic ring is 1. The molecular weight excluding hydrogens is 257 g/mol. The summed E-state index contributed by atoms with van der Waals surface area (Å²) in [6.45, 7) is 0. The first-order valence-electron chi connectivity index (χ1n) is 5.29. The van der Waals surface area contributed by atoms with Crippen molar-refractivity contribution in [3.05, 3.63) is 41.3 Å². The molecule has 0 aliphatic carbocycles. The second kappa shape index (κ2) is 3.55. The van der Waals surface area contributed by atoms with Crippen molar-refractivity contribution in [1.82, 2.24) is 9.78 Å². The molecule has 2 N–H and O–H groups in total. The first-order valence-corrected chi connectivity index (χ1v) is 7.11. The van der Waals surface area contributed by atoms with Crippen molar-refractivity contribution in [1.29, 1.82) is 0 Å². The summed E-state index contributed by atoms with van der Waals surface area (Å²) in [4.78, 5) is 0. The van der Waals surface area contributed by atoms with Crippen LogP contribution in [0.5, 0.6) is 0 Å². The molecule has 1 aromatic heterocycles. The van der Waals surface area contributed by atoms with Crippen LogP contribution in [0.3, 0.4) is 0 Å². The van der Waals surface area contributed by atoms with Gasteiger partial charge in [-0.15, -0.1) is 5.10 Å². The molecule has 3 rings (SSSR count). The number of rotatable bonds is 1. The van der Waals surface area contributed by atoms with Crippen LogP contribution in [0.4, 0.5) is 10.2 Å². The summed E-state index contributed by atoms with van der Waals surface area (Å²) >= 11 is 0. The Morgan fingerprint density at radius 3 is 2.72 bits per heavy atom. The van der Waals surface area contributed by atoms with Gasteiger partial charge in [0.25, 0.3) is 0 Å². The molecule has 0 amide bonds. The molecule has 7 heteroatoms. The smallest absolute Gasteiger partial charge is 0.160 e. The maximum Gasteiger partial charge on any atom is 0.160 e. The van der Waals surface area contributed by atoms with Crippen molar-refractivity contribution in [2.24, 2.45) is 0 Å². The van der Waals surface area contributed by atoms with Gasteiger partial charge in [-0.1, -0.05) is 12.1 Å². The van der Waals surface area contributed by atoms with Crippen LogP contribution in [0.1, 0.15) is 11.3 Å². The number of sulfone groups is 1. The zero-order valence-electron chi connectivity index (χ0n) is 9.30. The van der Waals surface area contributed by atoms with E-state index in [1.165, 1.54) is 16.8 Å². The third-order valence-electron chi connectivity index (χ3n) is 2.92. The van der Waals surface area contributed by atoms with E-state index < -0.39 is 15.7 Å². The highest BCUT2D eigenvalue weighted by molar-refractivity contribution is 7.90. The average Bonchev–Trinajstić information content (AvgIpc) is 2.75. The summed E-state index contributed by atoms with van der Waals surface area (Å²) in [7, 11) is -3.19. The van der Waals surface area contributed by atoms with Gasteiger partial charge in [-0.25, -0.2) is 17.5 Å². The lowest BCUT2D eigenvalue weighted by molar-refractivity contribution is 0.594. The molecule has 1 aromatic carbocycles. The highest BCUT2D eigenvalue weighted by Crippen LogP contribution is 2.31. The monoisotopic (exact) mass is 267 g/mol. The fourth-order valence-electron chi connectivity index (χ4n) is 2.11. The number of fused-ring (bicyclic) bond motifs is 1. The van der Waals surface area contributed by atoms with Crippen molar-refractivity contribution >= 4 is 15.7 Å². The van der Waals surface area contributed by atoms with Crippen LogP contribution in [0.2, 0.25) is 0 Å². The van der Waals surface area contributed by atoms with Gasteiger partial charge in [-0.2, -0.15) is 0 Å². The average molecular weight is 267 g/mol. The van der Waals surface area contributed by atoms with E-state index in [-0.39, 0.29) is 23.0 Å². The van der Waals surface area contributed by atoms with Crippen molar-refractivity contribution in [2.75, 3.05) is 5.73 Å². The molecule has 0 spiro atoms. The van der Waals surface area contributed by atoms with Crippen molar-refractivity contribution in [2.45, 2.75) is 11.5 Å². The number of anilines is 1. The van der Waals surface area contributed by atoms with Crippen LogP contribution >= 0.6 is 0 Å². The second-order valence-electron chi connectivity index (χ2n) is 4.21. The minimum atomic E-state index is -3.19. The van der Waals surface area contributed by atoms with Gasteiger partial charge in [0, 0.05) is 5.56 Å². The molecule has 94 valence electrons. The summed E-state index contributed by atoms with van der Waals surface area (Å²) < 4.78 is 38.1. The Hall–Kier alpha value is -1.89. The molecule has 5 nitrogen and oxygen atoms in total. The SMILES string of the molecule is Nc1nn(-c2ccccc2F)c2c1CS(=O)(=O)C2. The summed E-state index contributed by atoms with van der Waals surface area (Å²) in [5, 5.41) is 4.02. The lowest BCUT2D eigenvalue weighted by atomic mass is 10.2. The Morgan fingerprint density at radius 1 is 1.28 bits per heavy atom. The summed E-state index contributed by atoms with van der Waals surface area (Å²) in [5.74, 6) is -0.592. The normalized spacial score (nSPS) is 16.7. The predicted molar refractivity (Wildman–Crippen MR) is 64.3 cm³/mol. The molecule has 2 heterocycles. The number of nitrogens with two attached hydrogens (primary N) is 1. The molecule has 0 unspecified atom stereocenters. The van der Waals surface area contributed by atoms with Gasteiger partial charge in [0.15, 0.2) is 9.84 Å². The first kappa shape index (κ1) is 11.2. The molecule has 0 bridgehead atoms. The fraction of sp³-hybridized carbons (Fsp3) is 0.182. The van der Waals surface area contributed by atoms with Gasteiger partial charge in [-0.3, -0.25) is 0 Å². The van der Waals surface area contributed by atoms with Crippen LogP contribution in [-0.4, -0.2) is 18.2 Å². The van der Waals surface area contributed by atoms with E-state index in [0.29, 0.717) is 11.3 Å². The third kappa shape index (κ3) is 1.59. The van der Waals surface area contributed by atoms with Crippen LogP contribution in [0, 0.1) is 5.82 Å². The van der Waals surface area contributed by atoms with Crippen LogP contribution < -0.4 is 5.73 Å². The maximum atomic E-state index is 13.7. The number of aromatic nitrogens is 2. The zero-order chi connectivity index (χ0) is 12.9. The quantitative estimate of drug-likeness (QED) is 0.836. The Balaban J connectivity index is 2.23. The van der Waals surface area contributed by atoms with Gasteiger partial charge in [0.05, 0.1) is 17.2 Å². The van der Waals surface area contributed by atoms with Gasteiger partial charge in [-0.05, 0) is 12.1 Å². The Labute approximate surface area is 103 Å². The van der Waals surface area contributed by atoms with Gasteiger partial charge in [0.1, 0.15) is 17.3 Å². The van der Waals surface area contributed by atoms with E-state index >= 15 is 0 Å². The molecule has 2 aromatic rings. The number of halogens is 1. The number of nitrogens with zero attached hydrogens (tertiary/aromatic N) is 2. The predicted octanol–water partition coefficient (Wildman–Crippen LogP) is 1.02. The third-order valence-corrected chi connectivity index (χ3v) is 4.36. The standard InChI is InChI=1S/C11H10FN3O2S/c12-8-3-1-2-4-9(8)15-10-6-18(16,17)5-7(10)11(13)14-15/h1-4H,5-6H2,(H2,13,14). The molecule has 0 saturated heterocycles. The minimum absolute atomic E-state index is 0.122. The zero-order valence-corrected chi connectivity index (χ0v) is 10.1. The Bertz CT molecular complexity index is 737. The maximum absolute atomic E-state index is 13.7. The lowest BCUT2D eigenvalue weighted by Gasteiger charge is -2.05. The number of hydrogen-bond donors (Lipinski definition) is 1. The van der Waals surface area contributed by atoms with E-state index in [1.54, 1.807) is 12.1 Å². The Morgan fingerprint density at radius 2 is 2.00 bits per heavy atom. The van der Waals surface area contributed by atoms with Gasteiger partial charge < -0.3 is 5.73 Å². The molecule has 0 radical (unpaired) electrons. The molecule has 0 fully saturated rings. The van der Waals surface area contributed by atoms with Crippen molar-refractivity contribution < 1.29 is 12.8 Å². The fourth-order valence-corrected chi connectivity index (χ4v) is 3.68. The summed E-state index contributed by atoms with van der Waals surface area (Å²) in [5.41, 5.74) is 6.83. The Kier molecular flexibility index (Phi) is 2.21. The lowest BCUT2D eigenvalue weighted by Crippen LogP contribution is -2.07.